The molecule has 0 spiro atoms. The number of anilines is 1. The predicted octanol–water partition coefficient (Wildman–Crippen LogP) is 2.67. The van der Waals surface area contributed by atoms with Crippen molar-refractivity contribution in [3.63, 3.8) is 0 Å². The number of fused-ring (bicyclic) bond motifs is 1. The number of hydrogen-bond acceptors (Lipinski definition) is 2. The molecule has 1 saturated carbocycles. The smallest absolute Gasteiger partial charge is 0.253 e. The van der Waals surface area contributed by atoms with E-state index in [1.165, 1.54) is 19.3 Å². The highest BCUT2D eigenvalue weighted by Gasteiger charge is 2.20. The van der Waals surface area contributed by atoms with Crippen LogP contribution in [0, 0.1) is 5.92 Å². The summed E-state index contributed by atoms with van der Waals surface area (Å²) in [6.45, 7) is 0.761. The average Bonchev–Trinajstić information content (AvgIpc) is 3.13. The van der Waals surface area contributed by atoms with Crippen molar-refractivity contribution in [1.82, 2.24) is 10.3 Å². The number of nitrogen functional groups attached to an aromatic ring is 1. The summed E-state index contributed by atoms with van der Waals surface area (Å²) in [6, 6.07) is 5.56. The van der Waals surface area contributed by atoms with Gasteiger partial charge in [-0.05, 0) is 37.0 Å². The number of nitrogens with one attached hydrogen (secondary N) is 2. The minimum Gasteiger partial charge on any atom is -0.399 e. The second-order valence-electron chi connectivity index (χ2n) is 5.35. The average molecular weight is 257 g/mol. The van der Waals surface area contributed by atoms with E-state index in [0.717, 1.165) is 29.8 Å². The van der Waals surface area contributed by atoms with E-state index in [2.05, 4.69) is 10.3 Å². The number of aromatic nitrogens is 1. The first kappa shape index (κ1) is 12.1. The minimum atomic E-state index is -0.00758. The van der Waals surface area contributed by atoms with Crippen LogP contribution in [0.2, 0.25) is 0 Å². The van der Waals surface area contributed by atoms with Crippen molar-refractivity contribution in [2.75, 3.05) is 12.3 Å². The molecular weight excluding hydrogens is 238 g/mol. The Hall–Kier alpha value is -1.97. The van der Waals surface area contributed by atoms with Gasteiger partial charge < -0.3 is 16.0 Å². The summed E-state index contributed by atoms with van der Waals surface area (Å²) in [5, 5.41) is 3.91. The van der Waals surface area contributed by atoms with Crippen LogP contribution in [0.3, 0.4) is 0 Å². The van der Waals surface area contributed by atoms with Crippen LogP contribution < -0.4 is 11.1 Å². The van der Waals surface area contributed by atoms with E-state index in [-0.39, 0.29) is 5.91 Å². The number of carbonyl (C=O) groups excluding carboxylic acids is 1. The van der Waals surface area contributed by atoms with Gasteiger partial charge in [-0.25, -0.2) is 0 Å². The molecule has 1 amide bonds. The highest BCUT2D eigenvalue weighted by Crippen LogP contribution is 2.33. The topological polar surface area (TPSA) is 70.9 Å². The number of carbonyl (C=O) groups is 1. The molecule has 0 atom stereocenters. The zero-order chi connectivity index (χ0) is 13.2. The first-order chi connectivity index (χ1) is 9.24. The molecule has 0 bridgehead atoms. The lowest BCUT2D eigenvalue weighted by Crippen LogP contribution is -2.24. The van der Waals surface area contributed by atoms with E-state index in [0.29, 0.717) is 11.3 Å². The van der Waals surface area contributed by atoms with E-state index < -0.39 is 0 Å². The number of benzene rings is 1. The number of nitrogens with two attached hydrogens (primary N) is 1. The maximum atomic E-state index is 12.1. The lowest BCUT2D eigenvalue weighted by Gasteiger charge is -2.04. The van der Waals surface area contributed by atoms with Crippen LogP contribution >= 0.6 is 0 Å². The van der Waals surface area contributed by atoms with Crippen molar-refractivity contribution in [2.45, 2.75) is 25.7 Å². The zero-order valence-electron chi connectivity index (χ0n) is 10.9. The fourth-order valence-corrected chi connectivity index (χ4v) is 2.43. The molecule has 4 heteroatoms. The lowest BCUT2D eigenvalue weighted by atomic mass is 10.1. The zero-order valence-corrected chi connectivity index (χ0v) is 10.9. The van der Waals surface area contributed by atoms with Gasteiger partial charge in [0.1, 0.15) is 0 Å². The molecule has 0 aliphatic heterocycles. The third-order valence-corrected chi connectivity index (χ3v) is 3.72. The van der Waals surface area contributed by atoms with Crippen molar-refractivity contribution in [3.05, 3.63) is 30.0 Å². The van der Waals surface area contributed by atoms with E-state index in [1.807, 2.05) is 18.2 Å². The SMILES string of the molecule is Nc1ccc2c(C(=O)NCCCC3CC3)c[nH]c2c1. The number of hydrogen-bond donors (Lipinski definition) is 3. The summed E-state index contributed by atoms with van der Waals surface area (Å²) in [5.41, 5.74) is 8.02. The van der Waals surface area contributed by atoms with Gasteiger partial charge in [-0.15, -0.1) is 0 Å². The van der Waals surface area contributed by atoms with Crippen molar-refractivity contribution < 1.29 is 4.79 Å². The Balaban J connectivity index is 1.63. The molecule has 1 aliphatic rings. The molecule has 1 aromatic heterocycles. The van der Waals surface area contributed by atoms with Crippen LogP contribution in [0.5, 0.6) is 0 Å². The molecule has 4 nitrogen and oxygen atoms in total. The Morgan fingerprint density at radius 2 is 2.26 bits per heavy atom. The van der Waals surface area contributed by atoms with Crippen molar-refractivity contribution in [3.8, 4) is 0 Å². The summed E-state index contributed by atoms with van der Waals surface area (Å²) < 4.78 is 0. The van der Waals surface area contributed by atoms with Gasteiger partial charge in [-0.1, -0.05) is 12.8 Å². The molecule has 0 unspecified atom stereocenters. The molecule has 100 valence electrons. The number of rotatable bonds is 5. The molecule has 0 saturated heterocycles. The first-order valence-corrected chi connectivity index (χ1v) is 6.89. The second kappa shape index (κ2) is 4.96. The molecule has 19 heavy (non-hydrogen) atoms. The van der Waals surface area contributed by atoms with Crippen LogP contribution in [-0.2, 0) is 0 Å². The van der Waals surface area contributed by atoms with Crippen LogP contribution in [-0.4, -0.2) is 17.4 Å². The molecule has 2 aromatic rings. The third-order valence-electron chi connectivity index (χ3n) is 3.72. The summed E-state index contributed by atoms with van der Waals surface area (Å²) in [7, 11) is 0. The van der Waals surface area contributed by atoms with Crippen LogP contribution in [0.1, 0.15) is 36.0 Å². The third kappa shape index (κ3) is 2.72. The van der Waals surface area contributed by atoms with E-state index >= 15 is 0 Å². The fraction of sp³-hybridized carbons (Fsp3) is 0.400. The van der Waals surface area contributed by atoms with Gasteiger partial charge in [0.25, 0.3) is 5.91 Å². The summed E-state index contributed by atoms with van der Waals surface area (Å²) in [5.74, 6) is 0.916. The van der Waals surface area contributed by atoms with Gasteiger partial charge in [-0.2, -0.15) is 0 Å². The Morgan fingerprint density at radius 3 is 3.05 bits per heavy atom. The molecule has 1 fully saturated rings. The molecule has 0 radical (unpaired) electrons. The Kier molecular flexibility index (Phi) is 3.15. The predicted molar refractivity (Wildman–Crippen MR) is 77.0 cm³/mol. The highest BCUT2D eigenvalue weighted by atomic mass is 16.1. The van der Waals surface area contributed by atoms with Crippen molar-refractivity contribution in [1.29, 1.82) is 0 Å². The summed E-state index contributed by atoms with van der Waals surface area (Å²) in [4.78, 5) is 15.2. The van der Waals surface area contributed by atoms with Crippen LogP contribution in [0.4, 0.5) is 5.69 Å². The summed E-state index contributed by atoms with van der Waals surface area (Å²) >= 11 is 0. The van der Waals surface area contributed by atoms with E-state index in [9.17, 15) is 4.79 Å². The molecule has 1 aliphatic carbocycles. The van der Waals surface area contributed by atoms with Gasteiger partial charge in [0.2, 0.25) is 0 Å². The Labute approximate surface area is 112 Å². The van der Waals surface area contributed by atoms with Gasteiger partial charge >= 0.3 is 0 Å². The number of H-pyrrole nitrogens is 1. The number of aromatic amines is 1. The van der Waals surface area contributed by atoms with Gasteiger partial charge in [-0.3, -0.25) is 4.79 Å². The molecule has 4 N–H and O–H groups in total. The quantitative estimate of drug-likeness (QED) is 0.569. The largest absolute Gasteiger partial charge is 0.399 e. The molecule has 1 aromatic carbocycles. The minimum absolute atomic E-state index is 0.00758. The van der Waals surface area contributed by atoms with Gasteiger partial charge in [0.15, 0.2) is 0 Å². The number of amides is 1. The monoisotopic (exact) mass is 257 g/mol. The standard InChI is InChI=1S/C15H19N3O/c16-11-5-6-12-13(9-18-14(12)8-11)15(19)17-7-1-2-10-3-4-10/h5-6,8-10,18H,1-4,7,16H2,(H,17,19). The maximum absolute atomic E-state index is 12.1. The first-order valence-electron chi connectivity index (χ1n) is 6.89. The van der Waals surface area contributed by atoms with Crippen LogP contribution in [0.25, 0.3) is 10.9 Å². The highest BCUT2D eigenvalue weighted by molar-refractivity contribution is 6.07. The normalized spacial score (nSPS) is 14.7. The van der Waals surface area contributed by atoms with E-state index in [1.54, 1.807) is 6.20 Å². The molecule has 1 heterocycles. The van der Waals surface area contributed by atoms with Crippen molar-refractivity contribution in [2.24, 2.45) is 5.92 Å². The maximum Gasteiger partial charge on any atom is 0.253 e. The lowest BCUT2D eigenvalue weighted by molar-refractivity contribution is 0.0954. The second-order valence-corrected chi connectivity index (χ2v) is 5.35. The summed E-state index contributed by atoms with van der Waals surface area (Å²) in [6.07, 6.45) is 6.81. The molecular formula is C15H19N3O. The van der Waals surface area contributed by atoms with Crippen molar-refractivity contribution >= 4 is 22.5 Å². The van der Waals surface area contributed by atoms with Crippen LogP contribution in [0.15, 0.2) is 24.4 Å². The fourth-order valence-electron chi connectivity index (χ4n) is 2.43. The Bertz CT molecular complexity index is 598. The molecule has 3 rings (SSSR count). The van der Waals surface area contributed by atoms with Gasteiger partial charge in [0, 0.05) is 29.3 Å². The van der Waals surface area contributed by atoms with Gasteiger partial charge in [0.05, 0.1) is 5.56 Å². The van der Waals surface area contributed by atoms with E-state index in [4.69, 9.17) is 5.73 Å². The Morgan fingerprint density at radius 1 is 1.42 bits per heavy atom.